The first-order chi connectivity index (χ1) is 15.9. The molecule has 8 heteroatoms. The van der Waals surface area contributed by atoms with Crippen LogP contribution in [0.5, 0.6) is 0 Å². The minimum Gasteiger partial charge on any atom is -0.454 e. The van der Waals surface area contributed by atoms with E-state index in [0.717, 1.165) is 31.9 Å². The standard InChI is InChI=1S/C25H21BrN4O2S/c1-14-4-10-20-22(12-14)33-25(28-20)17-5-7-18(8-6-17)27-24(31)21-11-9-19(32-21)13-30-16(3)23(26)15(2)29-30/h4-12H,13H2,1-3H3,(H,27,31). The van der Waals surface area contributed by atoms with Crippen molar-refractivity contribution in [1.82, 2.24) is 14.8 Å². The highest BCUT2D eigenvalue weighted by atomic mass is 79.9. The lowest BCUT2D eigenvalue weighted by molar-refractivity contribution is 0.0994. The molecule has 0 saturated carbocycles. The van der Waals surface area contributed by atoms with E-state index in [1.54, 1.807) is 23.5 Å². The van der Waals surface area contributed by atoms with Crippen LogP contribution in [0.1, 0.15) is 33.3 Å². The highest BCUT2D eigenvalue weighted by molar-refractivity contribution is 9.10. The van der Waals surface area contributed by atoms with Gasteiger partial charge in [0.1, 0.15) is 10.8 Å². The largest absolute Gasteiger partial charge is 0.454 e. The van der Waals surface area contributed by atoms with Gasteiger partial charge in [0.25, 0.3) is 5.91 Å². The molecular formula is C25H21BrN4O2S. The maximum absolute atomic E-state index is 12.7. The molecule has 5 rings (SSSR count). The number of nitrogens with zero attached hydrogens (tertiary/aromatic N) is 3. The van der Waals surface area contributed by atoms with E-state index in [2.05, 4.69) is 45.4 Å². The van der Waals surface area contributed by atoms with Gasteiger partial charge in [-0.15, -0.1) is 11.3 Å². The average Bonchev–Trinajstić information content (AvgIpc) is 3.50. The summed E-state index contributed by atoms with van der Waals surface area (Å²) in [5, 5.41) is 8.33. The molecule has 0 fully saturated rings. The Hall–Kier alpha value is -3.23. The van der Waals surface area contributed by atoms with Crippen molar-refractivity contribution >= 4 is 49.1 Å². The molecule has 5 aromatic rings. The predicted molar refractivity (Wildman–Crippen MR) is 135 cm³/mol. The minimum absolute atomic E-state index is 0.260. The summed E-state index contributed by atoms with van der Waals surface area (Å²) in [6, 6.07) is 17.4. The van der Waals surface area contributed by atoms with Crippen LogP contribution >= 0.6 is 27.3 Å². The Bertz CT molecular complexity index is 1480. The van der Waals surface area contributed by atoms with Crippen LogP contribution in [0, 0.1) is 20.8 Å². The normalized spacial score (nSPS) is 11.3. The van der Waals surface area contributed by atoms with Gasteiger partial charge in [0.15, 0.2) is 5.76 Å². The highest BCUT2D eigenvalue weighted by Gasteiger charge is 2.15. The molecule has 166 valence electrons. The Morgan fingerprint density at radius 1 is 1.09 bits per heavy atom. The zero-order valence-corrected chi connectivity index (χ0v) is 20.8. The molecule has 0 atom stereocenters. The lowest BCUT2D eigenvalue weighted by Crippen LogP contribution is -2.10. The maximum Gasteiger partial charge on any atom is 0.291 e. The number of benzene rings is 2. The number of nitrogens with one attached hydrogen (secondary N) is 1. The smallest absolute Gasteiger partial charge is 0.291 e. The number of furan rings is 1. The number of anilines is 1. The van der Waals surface area contributed by atoms with Crippen molar-refractivity contribution in [2.75, 3.05) is 5.32 Å². The monoisotopic (exact) mass is 520 g/mol. The number of rotatable bonds is 5. The Morgan fingerprint density at radius 2 is 1.88 bits per heavy atom. The fraction of sp³-hybridized carbons (Fsp3) is 0.160. The Balaban J connectivity index is 1.27. The fourth-order valence-electron chi connectivity index (χ4n) is 3.61. The molecule has 1 amide bonds. The molecule has 0 spiro atoms. The lowest BCUT2D eigenvalue weighted by Gasteiger charge is -2.05. The third-order valence-electron chi connectivity index (χ3n) is 5.42. The van der Waals surface area contributed by atoms with Crippen LogP contribution < -0.4 is 5.32 Å². The van der Waals surface area contributed by atoms with Crippen molar-refractivity contribution in [1.29, 1.82) is 0 Å². The maximum atomic E-state index is 12.7. The second-order valence-electron chi connectivity index (χ2n) is 7.93. The molecule has 0 saturated heterocycles. The molecule has 0 radical (unpaired) electrons. The first kappa shape index (κ1) is 21.6. The molecule has 2 aromatic carbocycles. The lowest BCUT2D eigenvalue weighted by atomic mass is 10.2. The van der Waals surface area contributed by atoms with Gasteiger partial charge in [0.05, 0.1) is 32.6 Å². The van der Waals surface area contributed by atoms with Gasteiger partial charge in [-0.2, -0.15) is 5.10 Å². The summed E-state index contributed by atoms with van der Waals surface area (Å²) >= 11 is 5.19. The number of halogens is 1. The van der Waals surface area contributed by atoms with E-state index in [4.69, 9.17) is 9.40 Å². The first-order valence-electron chi connectivity index (χ1n) is 10.4. The summed E-state index contributed by atoms with van der Waals surface area (Å²) in [7, 11) is 0. The molecule has 33 heavy (non-hydrogen) atoms. The van der Waals surface area contributed by atoms with Gasteiger partial charge in [-0.1, -0.05) is 6.07 Å². The predicted octanol–water partition coefficient (Wildman–Crippen LogP) is 6.74. The van der Waals surface area contributed by atoms with Crippen LogP contribution in [-0.4, -0.2) is 20.7 Å². The first-order valence-corrected chi connectivity index (χ1v) is 12.1. The van der Waals surface area contributed by atoms with Gasteiger partial charge in [0.2, 0.25) is 0 Å². The molecule has 0 bridgehead atoms. The summed E-state index contributed by atoms with van der Waals surface area (Å²) in [5.74, 6) is 0.634. The van der Waals surface area contributed by atoms with Crippen molar-refractivity contribution in [3.05, 3.63) is 87.5 Å². The van der Waals surface area contributed by atoms with E-state index in [1.807, 2.05) is 48.9 Å². The number of fused-ring (bicyclic) bond motifs is 1. The zero-order chi connectivity index (χ0) is 23.1. The third-order valence-corrected chi connectivity index (χ3v) is 7.63. The molecule has 3 aromatic heterocycles. The zero-order valence-electron chi connectivity index (χ0n) is 18.3. The number of hydrogen-bond donors (Lipinski definition) is 1. The van der Waals surface area contributed by atoms with Crippen molar-refractivity contribution in [3.8, 4) is 10.6 Å². The van der Waals surface area contributed by atoms with Crippen LogP contribution in [0.4, 0.5) is 5.69 Å². The summed E-state index contributed by atoms with van der Waals surface area (Å²) in [6.07, 6.45) is 0. The SMILES string of the molecule is Cc1ccc2nc(-c3ccc(NC(=O)c4ccc(Cn5nc(C)c(Br)c5C)o4)cc3)sc2c1. The van der Waals surface area contributed by atoms with Crippen LogP contribution in [0.25, 0.3) is 20.8 Å². The van der Waals surface area contributed by atoms with Gasteiger partial charge in [-0.3, -0.25) is 9.48 Å². The second-order valence-corrected chi connectivity index (χ2v) is 9.75. The molecule has 6 nitrogen and oxygen atoms in total. The molecule has 0 aliphatic heterocycles. The van der Waals surface area contributed by atoms with Crippen molar-refractivity contribution < 1.29 is 9.21 Å². The third kappa shape index (κ3) is 4.36. The Labute approximate surface area is 203 Å². The van der Waals surface area contributed by atoms with Gasteiger partial charge in [0, 0.05) is 11.3 Å². The number of aryl methyl sites for hydroxylation is 2. The molecular weight excluding hydrogens is 500 g/mol. The number of carbonyl (C=O) groups is 1. The Kier molecular flexibility index (Phi) is 5.64. The van der Waals surface area contributed by atoms with E-state index in [9.17, 15) is 4.79 Å². The molecule has 1 N–H and O–H groups in total. The summed E-state index contributed by atoms with van der Waals surface area (Å²) in [5.41, 5.74) is 5.86. The van der Waals surface area contributed by atoms with Crippen molar-refractivity contribution in [2.45, 2.75) is 27.3 Å². The van der Waals surface area contributed by atoms with Crippen LogP contribution in [0.3, 0.4) is 0 Å². The van der Waals surface area contributed by atoms with Crippen LogP contribution in [-0.2, 0) is 6.54 Å². The van der Waals surface area contributed by atoms with E-state index >= 15 is 0 Å². The van der Waals surface area contributed by atoms with Gasteiger partial charge >= 0.3 is 0 Å². The highest BCUT2D eigenvalue weighted by Crippen LogP contribution is 2.31. The van der Waals surface area contributed by atoms with Crippen LogP contribution in [0.15, 0.2) is 63.5 Å². The molecule has 0 aliphatic rings. The topological polar surface area (TPSA) is 73.0 Å². The average molecular weight is 521 g/mol. The van der Waals surface area contributed by atoms with Gasteiger partial charge in [-0.05, 0) is 90.8 Å². The van der Waals surface area contributed by atoms with E-state index < -0.39 is 0 Å². The number of amides is 1. The summed E-state index contributed by atoms with van der Waals surface area (Å²) in [4.78, 5) is 17.4. The van der Waals surface area contributed by atoms with E-state index in [0.29, 0.717) is 18.0 Å². The molecule has 0 unspecified atom stereocenters. The minimum atomic E-state index is -0.293. The van der Waals surface area contributed by atoms with Crippen molar-refractivity contribution in [3.63, 3.8) is 0 Å². The quantitative estimate of drug-likeness (QED) is 0.278. The van der Waals surface area contributed by atoms with Crippen molar-refractivity contribution in [2.24, 2.45) is 0 Å². The van der Waals surface area contributed by atoms with Gasteiger partial charge in [-0.25, -0.2) is 4.98 Å². The second kappa shape index (κ2) is 8.61. The van der Waals surface area contributed by atoms with Crippen LogP contribution in [0.2, 0.25) is 0 Å². The molecule has 0 aliphatic carbocycles. The fourth-order valence-corrected chi connectivity index (χ4v) is 4.96. The van der Waals surface area contributed by atoms with E-state index in [1.165, 1.54) is 10.3 Å². The molecule has 3 heterocycles. The number of aromatic nitrogens is 3. The number of carbonyl (C=O) groups excluding carboxylic acids is 1. The van der Waals surface area contributed by atoms with E-state index in [-0.39, 0.29) is 11.7 Å². The number of hydrogen-bond acceptors (Lipinski definition) is 5. The Morgan fingerprint density at radius 3 is 2.61 bits per heavy atom. The number of thiazole rings is 1. The van der Waals surface area contributed by atoms with Gasteiger partial charge < -0.3 is 9.73 Å². The summed E-state index contributed by atoms with van der Waals surface area (Å²) < 4.78 is 9.77. The summed E-state index contributed by atoms with van der Waals surface area (Å²) in [6.45, 7) is 6.47.